The van der Waals surface area contributed by atoms with Crippen LogP contribution in [0.1, 0.15) is 0 Å². The SMILES string of the molecule is Cn1c2ccccc2c(=O)c2[nH]c3ccccc3c21. The van der Waals surface area contributed by atoms with E-state index < -0.39 is 0 Å². The Morgan fingerprint density at radius 2 is 1.63 bits per heavy atom. The van der Waals surface area contributed by atoms with Crippen LogP contribution in [0.2, 0.25) is 0 Å². The largest absolute Gasteiger partial charge is 0.350 e. The van der Waals surface area contributed by atoms with Crippen molar-refractivity contribution in [3.63, 3.8) is 0 Å². The monoisotopic (exact) mass is 248 g/mol. The van der Waals surface area contributed by atoms with Crippen molar-refractivity contribution < 1.29 is 0 Å². The second kappa shape index (κ2) is 3.48. The van der Waals surface area contributed by atoms with Gasteiger partial charge in [0.15, 0.2) is 0 Å². The van der Waals surface area contributed by atoms with Crippen LogP contribution in [0.25, 0.3) is 32.8 Å². The van der Waals surface area contributed by atoms with Crippen molar-refractivity contribution in [1.82, 2.24) is 9.55 Å². The molecule has 3 heteroatoms. The normalized spacial score (nSPS) is 11.6. The Labute approximate surface area is 109 Å². The summed E-state index contributed by atoms with van der Waals surface area (Å²) in [6.07, 6.45) is 0. The van der Waals surface area contributed by atoms with E-state index >= 15 is 0 Å². The molecule has 19 heavy (non-hydrogen) atoms. The van der Waals surface area contributed by atoms with Crippen molar-refractivity contribution in [3.8, 4) is 0 Å². The van der Waals surface area contributed by atoms with E-state index in [2.05, 4.69) is 9.55 Å². The molecule has 0 amide bonds. The number of H-pyrrole nitrogens is 1. The molecule has 4 aromatic rings. The number of pyridine rings is 1. The van der Waals surface area contributed by atoms with Gasteiger partial charge < -0.3 is 9.55 Å². The summed E-state index contributed by atoms with van der Waals surface area (Å²) in [5, 5.41) is 1.84. The van der Waals surface area contributed by atoms with E-state index in [1.54, 1.807) is 0 Å². The van der Waals surface area contributed by atoms with Gasteiger partial charge in [-0.15, -0.1) is 0 Å². The summed E-state index contributed by atoms with van der Waals surface area (Å²) in [4.78, 5) is 15.8. The first-order valence-corrected chi connectivity index (χ1v) is 6.25. The average molecular weight is 248 g/mol. The number of aromatic amines is 1. The molecule has 0 aliphatic heterocycles. The predicted molar refractivity (Wildman–Crippen MR) is 78.6 cm³/mol. The van der Waals surface area contributed by atoms with Crippen LogP contribution in [0, 0.1) is 0 Å². The Kier molecular flexibility index (Phi) is 1.90. The minimum atomic E-state index is 0.0694. The zero-order chi connectivity index (χ0) is 13.0. The highest BCUT2D eigenvalue weighted by molar-refractivity contribution is 6.08. The molecule has 0 spiro atoms. The van der Waals surface area contributed by atoms with E-state index in [0.717, 1.165) is 27.3 Å². The smallest absolute Gasteiger partial charge is 0.213 e. The Hall–Kier alpha value is -2.55. The molecule has 0 radical (unpaired) electrons. The summed E-state index contributed by atoms with van der Waals surface area (Å²) in [6.45, 7) is 0. The summed E-state index contributed by atoms with van der Waals surface area (Å²) in [5.74, 6) is 0. The molecule has 92 valence electrons. The molecule has 0 saturated carbocycles. The Bertz CT molecular complexity index is 992. The van der Waals surface area contributed by atoms with Gasteiger partial charge in [0.1, 0.15) is 5.52 Å². The van der Waals surface area contributed by atoms with Crippen molar-refractivity contribution >= 4 is 32.8 Å². The zero-order valence-corrected chi connectivity index (χ0v) is 10.5. The maximum Gasteiger partial charge on any atom is 0.213 e. The molecule has 2 aromatic heterocycles. The van der Waals surface area contributed by atoms with Gasteiger partial charge in [0.2, 0.25) is 5.43 Å². The Morgan fingerprint density at radius 3 is 2.47 bits per heavy atom. The number of hydrogen-bond donors (Lipinski definition) is 1. The van der Waals surface area contributed by atoms with Crippen molar-refractivity contribution in [2.24, 2.45) is 7.05 Å². The fraction of sp³-hybridized carbons (Fsp3) is 0.0625. The molecule has 0 fully saturated rings. The van der Waals surface area contributed by atoms with Crippen LogP contribution in [0.5, 0.6) is 0 Å². The minimum absolute atomic E-state index is 0.0694. The Balaban J connectivity index is 2.43. The van der Waals surface area contributed by atoms with Gasteiger partial charge >= 0.3 is 0 Å². The third kappa shape index (κ3) is 1.24. The van der Waals surface area contributed by atoms with E-state index in [9.17, 15) is 4.79 Å². The first-order valence-electron chi connectivity index (χ1n) is 6.25. The maximum atomic E-state index is 12.6. The topological polar surface area (TPSA) is 37.8 Å². The molecule has 2 heterocycles. The fourth-order valence-corrected chi connectivity index (χ4v) is 2.85. The molecule has 0 unspecified atom stereocenters. The van der Waals surface area contributed by atoms with E-state index in [1.807, 2.05) is 55.6 Å². The van der Waals surface area contributed by atoms with Gasteiger partial charge in [-0.3, -0.25) is 4.79 Å². The lowest BCUT2D eigenvalue weighted by Crippen LogP contribution is -2.08. The molecule has 4 rings (SSSR count). The van der Waals surface area contributed by atoms with Gasteiger partial charge in [-0.05, 0) is 18.2 Å². The molecule has 0 aliphatic rings. The van der Waals surface area contributed by atoms with Crippen molar-refractivity contribution in [3.05, 3.63) is 58.8 Å². The highest BCUT2D eigenvalue weighted by atomic mass is 16.1. The summed E-state index contributed by atoms with van der Waals surface area (Å²) >= 11 is 0. The number of nitrogens with zero attached hydrogens (tertiary/aromatic N) is 1. The number of hydrogen-bond acceptors (Lipinski definition) is 1. The second-order valence-electron chi connectivity index (χ2n) is 4.80. The lowest BCUT2D eigenvalue weighted by molar-refractivity contribution is 1.01. The number of benzene rings is 2. The standard InChI is InChI=1S/C16H12N2O/c1-18-13-9-5-3-7-11(13)16(19)14-15(18)10-6-2-4-8-12(10)17-14/h2-9,17H,1H3. The quantitative estimate of drug-likeness (QED) is 0.510. The number of rotatable bonds is 0. The highest BCUT2D eigenvalue weighted by Gasteiger charge is 2.12. The number of fused-ring (bicyclic) bond motifs is 4. The van der Waals surface area contributed by atoms with Crippen LogP contribution in [-0.4, -0.2) is 9.55 Å². The first-order chi connectivity index (χ1) is 9.27. The van der Waals surface area contributed by atoms with Gasteiger partial charge in [0.25, 0.3) is 0 Å². The van der Waals surface area contributed by atoms with Crippen LogP contribution in [-0.2, 0) is 7.05 Å². The second-order valence-corrected chi connectivity index (χ2v) is 4.80. The zero-order valence-electron chi connectivity index (χ0n) is 10.5. The van der Waals surface area contributed by atoms with Crippen molar-refractivity contribution in [2.75, 3.05) is 0 Å². The highest BCUT2D eigenvalue weighted by Crippen LogP contribution is 2.25. The number of para-hydroxylation sites is 2. The molecule has 0 saturated heterocycles. The summed E-state index contributed by atoms with van der Waals surface area (Å²) < 4.78 is 2.09. The number of aromatic nitrogens is 2. The van der Waals surface area contributed by atoms with Crippen LogP contribution >= 0.6 is 0 Å². The first kappa shape index (κ1) is 10.4. The van der Waals surface area contributed by atoms with E-state index in [1.165, 1.54) is 0 Å². The lowest BCUT2D eigenvalue weighted by atomic mass is 10.1. The van der Waals surface area contributed by atoms with Crippen LogP contribution in [0.3, 0.4) is 0 Å². The molecule has 0 aliphatic carbocycles. The van der Waals surface area contributed by atoms with Gasteiger partial charge in [0, 0.05) is 23.3 Å². The average Bonchev–Trinajstić information content (AvgIpc) is 2.84. The fourth-order valence-electron chi connectivity index (χ4n) is 2.85. The maximum absolute atomic E-state index is 12.6. The molecular weight excluding hydrogens is 236 g/mol. The van der Waals surface area contributed by atoms with E-state index in [0.29, 0.717) is 5.52 Å². The van der Waals surface area contributed by atoms with Crippen molar-refractivity contribution in [2.45, 2.75) is 0 Å². The Morgan fingerprint density at radius 1 is 0.947 bits per heavy atom. The predicted octanol–water partition coefficient (Wildman–Crippen LogP) is 3.17. The molecule has 0 atom stereocenters. The molecule has 2 aromatic carbocycles. The van der Waals surface area contributed by atoms with Gasteiger partial charge in [-0.2, -0.15) is 0 Å². The molecule has 3 nitrogen and oxygen atoms in total. The van der Waals surface area contributed by atoms with Crippen LogP contribution in [0.4, 0.5) is 0 Å². The number of nitrogens with one attached hydrogen (secondary N) is 1. The van der Waals surface area contributed by atoms with Gasteiger partial charge in [-0.1, -0.05) is 30.3 Å². The minimum Gasteiger partial charge on any atom is -0.350 e. The third-order valence-corrected chi connectivity index (χ3v) is 3.75. The number of aryl methyl sites for hydroxylation is 1. The molecule has 0 bridgehead atoms. The third-order valence-electron chi connectivity index (χ3n) is 3.75. The summed E-state index contributed by atoms with van der Waals surface area (Å²) in [6, 6.07) is 15.7. The van der Waals surface area contributed by atoms with Gasteiger partial charge in [0.05, 0.1) is 11.0 Å². The van der Waals surface area contributed by atoms with Crippen LogP contribution < -0.4 is 5.43 Å². The summed E-state index contributed by atoms with van der Waals surface area (Å²) in [7, 11) is 2.00. The lowest BCUT2D eigenvalue weighted by Gasteiger charge is -2.07. The molecule has 1 N–H and O–H groups in total. The van der Waals surface area contributed by atoms with Crippen LogP contribution in [0.15, 0.2) is 53.3 Å². The van der Waals surface area contributed by atoms with Crippen molar-refractivity contribution in [1.29, 1.82) is 0 Å². The van der Waals surface area contributed by atoms with E-state index in [-0.39, 0.29) is 5.43 Å². The van der Waals surface area contributed by atoms with E-state index in [4.69, 9.17) is 0 Å². The van der Waals surface area contributed by atoms with Gasteiger partial charge in [-0.25, -0.2) is 0 Å². The molecular formula is C16H12N2O. The summed E-state index contributed by atoms with van der Waals surface area (Å²) in [5.41, 5.74) is 3.69.